The second-order valence-corrected chi connectivity index (χ2v) is 6.79. The number of nitrogens with two attached hydrogens (primary N) is 1. The average Bonchev–Trinajstić information content (AvgIpc) is 2.75. The number of carbonyl (C=O) groups excluding carboxylic acids is 1. The molecule has 0 spiro atoms. The molecular weight excluding hydrogens is 444 g/mol. The third-order valence-electron chi connectivity index (χ3n) is 4.67. The van der Waals surface area contributed by atoms with Gasteiger partial charge in [0.05, 0.1) is 11.3 Å². The molecule has 0 aliphatic rings. The number of hydrogen-bond acceptors (Lipinski definition) is 5. The average molecular weight is 458 g/mol. The summed E-state index contributed by atoms with van der Waals surface area (Å²) in [6.45, 7) is 0. The normalized spacial score (nSPS) is 11.4. The lowest BCUT2D eigenvalue weighted by Crippen LogP contribution is -2.22. The first-order chi connectivity index (χ1) is 15.6. The van der Waals surface area contributed by atoms with Crippen molar-refractivity contribution in [3.63, 3.8) is 0 Å². The number of para-hydroxylation sites is 1. The molecule has 0 unspecified atom stereocenters. The lowest BCUT2D eigenvalue weighted by molar-refractivity contribution is -0.137. The molecule has 0 bridgehead atoms. The maximum Gasteiger partial charge on any atom is 0.418 e. The molecule has 0 aliphatic heterocycles. The van der Waals surface area contributed by atoms with Gasteiger partial charge in [-0.25, -0.2) is 19.2 Å². The number of nitrogens with zero attached hydrogens (tertiary/aromatic N) is 3. The van der Waals surface area contributed by atoms with Gasteiger partial charge in [-0.1, -0.05) is 6.07 Å². The van der Waals surface area contributed by atoms with Crippen molar-refractivity contribution in [1.29, 1.82) is 0 Å². The van der Waals surface area contributed by atoms with Gasteiger partial charge in [0.1, 0.15) is 23.3 Å². The Morgan fingerprint density at radius 3 is 2.42 bits per heavy atom. The van der Waals surface area contributed by atoms with Gasteiger partial charge in [0.2, 0.25) is 0 Å². The summed E-state index contributed by atoms with van der Waals surface area (Å²) in [7, 11) is 0. The van der Waals surface area contributed by atoms with Crippen LogP contribution in [0.3, 0.4) is 0 Å². The predicted molar refractivity (Wildman–Crippen MR) is 114 cm³/mol. The fraction of sp³-hybridized carbons (Fsp3) is 0.0476. The minimum Gasteiger partial charge on any atom is -0.383 e. The highest BCUT2D eigenvalue weighted by molar-refractivity contribution is 6.00. The van der Waals surface area contributed by atoms with E-state index >= 15 is 0 Å². The molecule has 8 nitrogen and oxygen atoms in total. The van der Waals surface area contributed by atoms with Crippen molar-refractivity contribution in [3.05, 3.63) is 82.7 Å². The van der Waals surface area contributed by atoms with Gasteiger partial charge in [0, 0.05) is 23.6 Å². The lowest BCUT2D eigenvalue weighted by atomic mass is 10.1. The minimum atomic E-state index is -4.85. The third kappa shape index (κ3) is 4.31. The molecule has 2 heterocycles. The lowest BCUT2D eigenvalue weighted by Gasteiger charge is -2.15. The monoisotopic (exact) mass is 458 g/mol. The van der Waals surface area contributed by atoms with E-state index < -0.39 is 29.3 Å². The number of nitrogens with one attached hydrogen (secondary N) is 2. The van der Waals surface area contributed by atoms with Gasteiger partial charge < -0.3 is 20.9 Å². The van der Waals surface area contributed by atoms with Crippen molar-refractivity contribution in [2.24, 2.45) is 0 Å². The SMILES string of the molecule is Nc1ncnc2c1c(=O)ccn2-c1ccc(NC(=O)Nc2c(F)cccc2C(F)(F)F)cc1. The van der Waals surface area contributed by atoms with Crippen LogP contribution in [0.1, 0.15) is 5.56 Å². The highest BCUT2D eigenvalue weighted by atomic mass is 19.4. The molecule has 2 aromatic heterocycles. The van der Waals surface area contributed by atoms with E-state index in [9.17, 15) is 27.2 Å². The Morgan fingerprint density at radius 1 is 1.00 bits per heavy atom. The maximum atomic E-state index is 13.9. The van der Waals surface area contributed by atoms with Crippen LogP contribution in [0.2, 0.25) is 0 Å². The molecule has 0 fully saturated rings. The number of urea groups is 1. The molecule has 12 heteroatoms. The second kappa shape index (κ2) is 8.22. The number of fused-ring (bicyclic) bond motifs is 1. The molecule has 0 saturated carbocycles. The maximum absolute atomic E-state index is 13.9. The summed E-state index contributed by atoms with van der Waals surface area (Å²) in [5, 5.41) is 4.39. The molecule has 0 aliphatic carbocycles. The van der Waals surface area contributed by atoms with Gasteiger partial charge in [-0.2, -0.15) is 13.2 Å². The summed E-state index contributed by atoms with van der Waals surface area (Å²) in [6.07, 6.45) is -2.15. The molecule has 4 aromatic rings. The first kappa shape index (κ1) is 21.7. The van der Waals surface area contributed by atoms with Crippen molar-refractivity contribution in [2.75, 3.05) is 16.4 Å². The zero-order valence-corrected chi connectivity index (χ0v) is 16.5. The fourth-order valence-corrected chi connectivity index (χ4v) is 3.18. The van der Waals surface area contributed by atoms with Crippen LogP contribution in [0.5, 0.6) is 0 Å². The van der Waals surface area contributed by atoms with Crippen molar-refractivity contribution in [3.8, 4) is 5.69 Å². The number of nitrogen functional groups attached to an aromatic ring is 1. The van der Waals surface area contributed by atoms with Crippen LogP contribution < -0.4 is 21.8 Å². The molecule has 4 rings (SSSR count). The molecule has 2 amide bonds. The number of pyridine rings is 1. The Labute approximate surface area is 182 Å². The fourth-order valence-electron chi connectivity index (χ4n) is 3.18. The number of carbonyl (C=O) groups is 1. The highest BCUT2D eigenvalue weighted by Crippen LogP contribution is 2.36. The number of aromatic nitrogens is 3. The van der Waals surface area contributed by atoms with Gasteiger partial charge in [-0.3, -0.25) is 4.79 Å². The van der Waals surface area contributed by atoms with Gasteiger partial charge in [0.15, 0.2) is 11.1 Å². The quantitative estimate of drug-likeness (QED) is 0.399. The number of hydrogen-bond donors (Lipinski definition) is 3. The number of alkyl halides is 3. The van der Waals surface area contributed by atoms with Gasteiger partial charge >= 0.3 is 12.2 Å². The second-order valence-electron chi connectivity index (χ2n) is 6.79. The van der Waals surface area contributed by atoms with Crippen LogP contribution in [-0.2, 0) is 6.18 Å². The number of benzene rings is 2. The smallest absolute Gasteiger partial charge is 0.383 e. The molecule has 2 aromatic carbocycles. The van der Waals surface area contributed by atoms with E-state index in [0.29, 0.717) is 11.8 Å². The van der Waals surface area contributed by atoms with Crippen LogP contribution in [0, 0.1) is 5.82 Å². The summed E-state index contributed by atoms with van der Waals surface area (Å²) in [6, 6.07) is 8.69. The largest absolute Gasteiger partial charge is 0.418 e. The molecule has 0 saturated heterocycles. The van der Waals surface area contributed by atoms with E-state index in [0.717, 1.165) is 12.1 Å². The van der Waals surface area contributed by atoms with E-state index in [2.05, 4.69) is 15.3 Å². The van der Waals surface area contributed by atoms with Gasteiger partial charge in [-0.15, -0.1) is 0 Å². The Bertz CT molecular complexity index is 1420. The Kier molecular flexibility index (Phi) is 5.42. The molecule has 0 radical (unpaired) electrons. The molecule has 0 atom stereocenters. The van der Waals surface area contributed by atoms with Crippen molar-refractivity contribution in [2.45, 2.75) is 6.18 Å². The summed E-state index contributed by atoms with van der Waals surface area (Å²) < 4.78 is 54.8. The zero-order valence-electron chi connectivity index (χ0n) is 16.5. The van der Waals surface area contributed by atoms with E-state index in [1.807, 2.05) is 5.32 Å². The van der Waals surface area contributed by atoms with Crippen LogP contribution in [0.25, 0.3) is 16.7 Å². The summed E-state index contributed by atoms with van der Waals surface area (Å²) in [5.41, 5.74) is 4.20. The van der Waals surface area contributed by atoms with E-state index in [1.165, 1.54) is 30.7 Å². The zero-order chi connectivity index (χ0) is 23.8. The van der Waals surface area contributed by atoms with Crippen LogP contribution in [0.15, 0.2) is 65.8 Å². The van der Waals surface area contributed by atoms with E-state index in [4.69, 9.17) is 5.73 Å². The summed E-state index contributed by atoms with van der Waals surface area (Å²) in [5.74, 6) is -1.19. The Balaban J connectivity index is 1.57. The first-order valence-electron chi connectivity index (χ1n) is 9.31. The predicted octanol–water partition coefficient (Wildman–Crippen LogP) is 4.16. The molecule has 4 N–H and O–H groups in total. The van der Waals surface area contributed by atoms with Crippen LogP contribution >= 0.6 is 0 Å². The van der Waals surface area contributed by atoms with Crippen LogP contribution in [-0.4, -0.2) is 20.6 Å². The Hall–Kier alpha value is -4.48. The number of anilines is 3. The first-order valence-corrected chi connectivity index (χ1v) is 9.31. The van der Waals surface area contributed by atoms with Gasteiger partial charge in [-0.05, 0) is 36.4 Å². The summed E-state index contributed by atoms with van der Waals surface area (Å²) in [4.78, 5) is 32.2. The molecule has 168 valence electrons. The minimum absolute atomic E-state index is 0.0284. The highest BCUT2D eigenvalue weighted by Gasteiger charge is 2.35. The number of amides is 2. The van der Waals surface area contributed by atoms with Crippen molar-refractivity contribution >= 4 is 34.3 Å². The Morgan fingerprint density at radius 2 is 1.73 bits per heavy atom. The summed E-state index contributed by atoms with van der Waals surface area (Å²) >= 11 is 0. The number of halogens is 4. The standard InChI is InChI=1S/C21H14F4N6O2/c22-14-3-1-2-13(21(23,24)25)17(14)30-20(33)29-11-4-6-12(7-5-11)31-9-8-15(32)16-18(26)27-10-28-19(16)31/h1-10H,(H2,26,27,28)(H2,29,30,33). The van der Waals surface area contributed by atoms with Crippen molar-refractivity contribution in [1.82, 2.24) is 14.5 Å². The van der Waals surface area contributed by atoms with E-state index in [-0.39, 0.29) is 28.0 Å². The number of rotatable bonds is 3. The van der Waals surface area contributed by atoms with Gasteiger partial charge in [0.25, 0.3) is 0 Å². The third-order valence-corrected chi connectivity index (χ3v) is 4.67. The topological polar surface area (TPSA) is 115 Å². The molecule has 33 heavy (non-hydrogen) atoms. The van der Waals surface area contributed by atoms with Crippen molar-refractivity contribution < 1.29 is 22.4 Å². The van der Waals surface area contributed by atoms with Crippen LogP contribution in [0.4, 0.5) is 39.5 Å². The van der Waals surface area contributed by atoms with E-state index in [1.54, 1.807) is 16.7 Å². The molecular formula is C21H14F4N6O2.